The van der Waals surface area contributed by atoms with Crippen LogP contribution in [0, 0.1) is 11.8 Å². The Hall–Kier alpha value is -2.94. The van der Waals surface area contributed by atoms with E-state index >= 15 is 0 Å². The summed E-state index contributed by atoms with van der Waals surface area (Å²) in [5, 5.41) is 4.84. The molecule has 2 saturated heterocycles. The quantitative estimate of drug-likeness (QED) is 0.740. The molecule has 3 N–H and O–H groups in total. The van der Waals surface area contributed by atoms with Crippen LogP contribution in [-0.4, -0.2) is 53.8 Å². The number of hydrogen-bond donors (Lipinski definition) is 2. The number of likely N-dealkylation sites (tertiary alicyclic amines) is 1. The van der Waals surface area contributed by atoms with Gasteiger partial charge in [-0.15, -0.1) is 11.3 Å². The summed E-state index contributed by atoms with van der Waals surface area (Å²) in [4.78, 5) is 45.7. The molecule has 4 rings (SSSR count). The Morgan fingerprint density at radius 1 is 1.06 bits per heavy atom. The second kappa shape index (κ2) is 9.47. The average molecular weight is 442 g/mol. The Kier molecular flexibility index (Phi) is 6.50. The lowest BCUT2D eigenvalue weighted by Gasteiger charge is -2.32. The van der Waals surface area contributed by atoms with Crippen molar-refractivity contribution in [2.45, 2.75) is 25.7 Å². The van der Waals surface area contributed by atoms with E-state index in [9.17, 15) is 14.4 Å². The van der Waals surface area contributed by atoms with E-state index in [-0.39, 0.29) is 29.6 Å². The molecule has 164 valence electrons. The third-order valence-corrected chi connectivity index (χ3v) is 6.91. The Morgan fingerprint density at radius 3 is 2.52 bits per heavy atom. The minimum Gasteiger partial charge on any atom is -0.369 e. The van der Waals surface area contributed by atoms with Crippen molar-refractivity contribution in [2.24, 2.45) is 17.6 Å². The van der Waals surface area contributed by atoms with Gasteiger partial charge < -0.3 is 20.9 Å². The lowest BCUT2D eigenvalue weighted by Crippen LogP contribution is -2.41. The fourth-order valence-electron chi connectivity index (χ4n) is 4.21. The zero-order chi connectivity index (χ0) is 21.8. The average Bonchev–Trinajstić information content (AvgIpc) is 3.34. The number of aromatic nitrogens is 1. The zero-order valence-corrected chi connectivity index (χ0v) is 18.1. The summed E-state index contributed by atoms with van der Waals surface area (Å²) in [7, 11) is 0. The molecule has 8 nitrogen and oxygen atoms in total. The van der Waals surface area contributed by atoms with Crippen LogP contribution in [0.5, 0.6) is 0 Å². The van der Waals surface area contributed by atoms with Gasteiger partial charge in [-0.05, 0) is 49.3 Å². The third-order valence-electron chi connectivity index (χ3n) is 6.05. The van der Waals surface area contributed by atoms with Gasteiger partial charge in [-0.3, -0.25) is 14.4 Å². The van der Waals surface area contributed by atoms with Gasteiger partial charge in [0.1, 0.15) is 5.82 Å². The summed E-state index contributed by atoms with van der Waals surface area (Å²) in [6.07, 6.45) is 4.67. The number of piperidine rings is 2. The summed E-state index contributed by atoms with van der Waals surface area (Å²) >= 11 is 1.44. The van der Waals surface area contributed by atoms with Crippen LogP contribution in [0.15, 0.2) is 35.8 Å². The number of pyridine rings is 1. The van der Waals surface area contributed by atoms with E-state index in [1.165, 1.54) is 11.3 Å². The number of carbonyl (C=O) groups is 3. The van der Waals surface area contributed by atoms with Crippen molar-refractivity contribution in [3.63, 3.8) is 0 Å². The second-order valence-electron chi connectivity index (χ2n) is 8.13. The number of amides is 3. The highest BCUT2D eigenvalue weighted by atomic mass is 32.1. The second-order valence-corrected chi connectivity index (χ2v) is 9.07. The number of anilines is 2. The number of hydrogen-bond acceptors (Lipinski definition) is 6. The Bertz CT molecular complexity index is 923. The fraction of sp³-hybridized carbons (Fsp3) is 0.455. The van der Waals surface area contributed by atoms with Gasteiger partial charge in [0.15, 0.2) is 0 Å². The van der Waals surface area contributed by atoms with Crippen molar-refractivity contribution in [1.29, 1.82) is 0 Å². The van der Waals surface area contributed by atoms with Gasteiger partial charge in [0.05, 0.1) is 22.7 Å². The van der Waals surface area contributed by atoms with Crippen molar-refractivity contribution in [2.75, 3.05) is 36.4 Å². The van der Waals surface area contributed by atoms with Gasteiger partial charge in [-0.1, -0.05) is 6.07 Å². The van der Waals surface area contributed by atoms with Gasteiger partial charge in [0.25, 0.3) is 5.91 Å². The first kappa shape index (κ1) is 21.3. The molecule has 9 heteroatoms. The maximum absolute atomic E-state index is 12.7. The van der Waals surface area contributed by atoms with Crippen LogP contribution in [0.4, 0.5) is 11.5 Å². The highest BCUT2D eigenvalue weighted by molar-refractivity contribution is 7.12. The molecule has 1 atom stereocenters. The van der Waals surface area contributed by atoms with Gasteiger partial charge in [0.2, 0.25) is 11.8 Å². The maximum atomic E-state index is 12.7. The standard InChI is InChI=1S/C22H27N5O3S/c23-20(28)16-3-1-9-27(14-16)19-6-5-17(13-24-19)25-21(29)15-7-10-26(11-8-15)22(30)18-4-2-12-31-18/h2,4-6,12-13,15-16H,1,3,7-11,14H2,(H2,23,28)(H,25,29). The number of rotatable bonds is 5. The Balaban J connectivity index is 1.28. The van der Waals surface area contributed by atoms with Crippen molar-refractivity contribution < 1.29 is 14.4 Å². The molecule has 0 bridgehead atoms. The summed E-state index contributed by atoms with van der Waals surface area (Å²) in [5.41, 5.74) is 6.10. The largest absolute Gasteiger partial charge is 0.369 e. The molecule has 2 aliphatic rings. The molecule has 2 aromatic heterocycles. The van der Waals surface area contributed by atoms with Gasteiger partial charge in [-0.25, -0.2) is 4.98 Å². The van der Waals surface area contributed by atoms with Crippen LogP contribution in [0.3, 0.4) is 0 Å². The molecule has 3 amide bonds. The predicted molar refractivity (Wildman–Crippen MR) is 120 cm³/mol. The van der Waals surface area contributed by atoms with Crippen LogP contribution in [-0.2, 0) is 9.59 Å². The van der Waals surface area contributed by atoms with Gasteiger partial charge >= 0.3 is 0 Å². The van der Waals surface area contributed by atoms with Crippen LogP contribution in [0.25, 0.3) is 0 Å². The topological polar surface area (TPSA) is 109 Å². The van der Waals surface area contributed by atoms with Crippen LogP contribution < -0.4 is 16.0 Å². The molecule has 2 aliphatic heterocycles. The summed E-state index contributed by atoms with van der Waals surface area (Å²) < 4.78 is 0. The molecule has 0 saturated carbocycles. The number of carbonyl (C=O) groups excluding carboxylic acids is 3. The van der Waals surface area contributed by atoms with Crippen molar-refractivity contribution in [1.82, 2.24) is 9.88 Å². The number of nitrogens with zero attached hydrogens (tertiary/aromatic N) is 3. The van der Waals surface area contributed by atoms with E-state index in [0.29, 0.717) is 38.2 Å². The Morgan fingerprint density at radius 2 is 1.87 bits per heavy atom. The first-order valence-electron chi connectivity index (χ1n) is 10.6. The molecular weight excluding hydrogens is 414 g/mol. The first-order chi connectivity index (χ1) is 15.0. The normalized spacial score (nSPS) is 19.8. The zero-order valence-electron chi connectivity index (χ0n) is 17.3. The molecule has 1 unspecified atom stereocenters. The highest BCUT2D eigenvalue weighted by Crippen LogP contribution is 2.24. The minimum atomic E-state index is -0.267. The Labute approximate surface area is 185 Å². The van der Waals surface area contributed by atoms with Gasteiger partial charge in [0, 0.05) is 32.1 Å². The van der Waals surface area contributed by atoms with Crippen molar-refractivity contribution in [3.8, 4) is 0 Å². The van der Waals surface area contributed by atoms with Crippen LogP contribution in [0.2, 0.25) is 0 Å². The molecule has 4 heterocycles. The summed E-state index contributed by atoms with van der Waals surface area (Å²) in [5.74, 6) is 0.258. The van der Waals surface area contributed by atoms with E-state index in [1.54, 1.807) is 6.20 Å². The monoisotopic (exact) mass is 441 g/mol. The highest BCUT2D eigenvalue weighted by Gasteiger charge is 2.28. The SMILES string of the molecule is NC(=O)C1CCCN(c2ccc(NC(=O)C3CCN(C(=O)c4cccs4)CC3)cn2)C1. The maximum Gasteiger partial charge on any atom is 0.263 e. The van der Waals surface area contributed by atoms with Crippen molar-refractivity contribution in [3.05, 3.63) is 40.7 Å². The lowest BCUT2D eigenvalue weighted by atomic mass is 9.95. The number of thiophene rings is 1. The number of primary amides is 1. The minimum absolute atomic E-state index is 0.0375. The number of nitrogens with one attached hydrogen (secondary N) is 1. The first-order valence-corrected chi connectivity index (χ1v) is 11.5. The summed E-state index contributed by atoms with van der Waals surface area (Å²) in [6, 6.07) is 7.41. The predicted octanol–water partition coefficient (Wildman–Crippen LogP) is 2.34. The molecule has 0 aliphatic carbocycles. The van der Waals surface area contributed by atoms with Gasteiger partial charge in [-0.2, -0.15) is 0 Å². The van der Waals surface area contributed by atoms with Crippen LogP contribution in [0.1, 0.15) is 35.4 Å². The molecule has 31 heavy (non-hydrogen) atoms. The van der Waals surface area contributed by atoms with E-state index in [0.717, 1.165) is 30.1 Å². The number of nitrogens with two attached hydrogens (primary N) is 1. The van der Waals surface area contributed by atoms with E-state index in [2.05, 4.69) is 15.2 Å². The molecule has 0 aromatic carbocycles. The van der Waals surface area contributed by atoms with Crippen LogP contribution >= 0.6 is 11.3 Å². The fourth-order valence-corrected chi connectivity index (χ4v) is 4.90. The van der Waals surface area contributed by atoms with E-state index in [4.69, 9.17) is 5.73 Å². The lowest BCUT2D eigenvalue weighted by molar-refractivity contribution is -0.122. The van der Waals surface area contributed by atoms with E-state index in [1.807, 2.05) is 34.5 Å². The molecule has 2 aromatic rings. The molecular formula is C22H27N5O3S. The molecule has 2 fully saturated rings. The van der Waals surface area contributed by atoms with E-state index < -0.39 is 0 Å². The third kappa shape index (κ3) is 5.04. The van der Waals surface area contributed by atoms with Crippen molar-refractivity contribution >= 4 is 40.6 Å². The molecule has 0 spiro atoms. The molecule has 0 radical (unpaired) electrons. The summed E-state index contributed by atoms with van der Waals surface area (Å²) in [6.45, 7) is 2.59. The smallest absolute Gasteiger partial charge is 0.263 e.